The molecule has 138 valence electrons. The van der Waals surface area contributed by atoms with Gasteiger partial charge < -0.3 is 9.84 Å². The third kappa shape index (κ3) is 4.32. The number of benzene rings is 2. The number of hydrogen-bond acceptors (Lipinski definition) is 4. The molecule has 1 saturated heterocycles. The molecule has 0 radical (unpaired) electrons. The van der Waals surface area contributed by atoms with Crippen LogP contribution in [0.3, 0.4) is 0 Å². The molecule has 1 aliphatic rings. The first-order valence-corrected chi connectivity index (χ1v) is 9.19. The Labute approximate surface area is 155 Å². The van der Waals surface area contributed by atoms with E-state index >= 15 is 0 Å². The zero-order valence-electron chi connectivity index (χ0n) is 15.5. The standard InChI is InChI=1S/C22H27NO3/c1-17(18-8-10-20(26-2)11-9-18)23-14-12-22(25,13-15-23)16-21(24)19-6-4-3-5-7-19/h3-11,17,25H,12-16H2,1-2H3. The second-order valence-electron chi connectivity index (χ2n) is 7.18. The fraction of sp³-hybridized carbons (Fsp3) is 0.409. The molecule has 2 aromatic carbocycles. The Morgan fingerprint density at radius 2 is 1.73 bits per heavy atom. The number of Topliss-reactive ketones (excluding diaryl/α,β-unsaturated/α-hetero) is 1. The van der Waals surface area contributed by atoms with Crippen LogP contribution in [-0.2, 0) is 0 Å². The van der Waals surface area contributed by atoms with Gasteiger partial charge in [-0.1, -0.05) is 42.5 Å². The molecule has 1 N–H and O–H groups in total. The average Bonchev–Trinajstić information content (AvgIpc) is 2.68. The van der Waals surface area contributed by atoms with Crippen molar-refractivity contribution < 1.29 is 14.6 Å². The van der Waals surface area contributed by atoms with Crippen molar-refractivity contribution in [3.05, 3.63) is 65.7 Å². The van der Waals surface area contributed by atoms with Crippen molar-refractivity contribution in [2.75, 3.05) is 20.2 Å². The molecular weight excluding hydrogens is 326 g/mol. The van der Waals surface area contributed by atoms with Gasteiger partial charge in [-0.25, -0.2) is 0 Å². The number of methoxy groups -OCH3 is 1. The highest BCUT2D eigenvalue weighted by Crippen LogP contribution is 2.32. The van der Waals surface area contributed by atoms with Gasteiger partial charge in [0.25, 0.3) is 0 Å². The lowest BCUT2D eigenvalue weighted by atomic mass is 9.84. The monoisotopic (exact) mass is 353 g/mol. The number of nitrogens with zero attached hydrogens (tertiary/aromatic N) is 1. The SMILES string of the molecule is COc1ccc(C(C)N2CCC(O)(CC(=O)c3ccccc3)CC2)cc1. The highest BCUT2D eigenvalue weighted by atomic mass is 16.5. The van der Waals surface area contributed by atoms with E-state index in [-0.39, 0.29) is 18.2 Å². The van der Waals surface area contributed by atoms with Crippen LogP contribution >= 0.6 is 0 Å². The predicted octanol–water partition coefficient (Wildman–Crippen LogP) is 3.86. The van der Waals surface area contributed by atoms with Crippen molar-refractivity contribution >= 4 is 5.78 Å². The van der Waals surface area contributed by atoms with Gasteiger partial charge in [-0.3, -0.25) is 9.69 Å². The molecule has 4 heteroatoms. The van der Waals surface area contributed by atoms with Crippen LogP contribution in [0.5, 0.6) is 5.75 Å². The van der Waals surface area contributed by atoms with E-state index in [0.29, 0.717) is 18.4 Å². The van der Waals surface area contributed by atoms with Crippen LogP contribution in [0, 0.1) is 0 Å². The fourth-order valence-corrected chi connectivity index (χ4v) is 3.62. The van der Waals surface area contributed by atoms with Crippen molar-refractivity contribution in [2.45, 2.75) is 37.8 Å². The molecule has 1 unspecified atom stereocenters. The number of carbonyl (C=O) groups is 1. The zero-order chi connectivity index (χ0) is 18.6. The summed E-state index contributed by atoms with van der Waals surface area (Å²) in [6.07, 6.45) is 1.43. The Morgan fingerprint density at radius 3 is 2.31 bits per heavy atom. The lowest BCUT2D eigenvalue weighted by Crippen LogP contribution is -2.46. The number of piperidine rings is 1. The van der Waals surface area contributed by atoms with E-state index in [1.807, 2.05) is 42.5 Å². The lowest BCUT2D eigenvalue weighted by Gasteiger charge is -2.40. The van der Waals surface area contributed by atoms with E-state index in [2.05, 4.69) is 24.0 Å². The molecule has 1 heterocycles. The average molecular weight is 353 g/mol. The molecule has 3 rings (SSSR count). The van der Waals surface area contributed by atoms with Crippen molar-refractivity contribution in [1.82, 2.24) is 4.90 Å². The number of carbonyl (C=O) groups excluding carboxylic acids is 1. The first kappa shape index (κ1) is 18.6. The molecule has 26 heavy (non-hydrogen) atoms. The molecule has 0 aromatic heterocycles. The number of ketones is 1. The van der Waals surface area contributed by atoms with Crippen molar-refractivity contribution in [3.63, 3.8) is 0 Å². The maximum atomic E-state index is 12.4. The maximum absolute atomic E-state index is 12.4. The van der Waals surface area contributed by atoms with Crippen LogP contribution in [0.25, 0.3) is 0 Å². The Morgan fingerprint density at radius 1 is 1.12 bits per heavy atom. The first-order valence-electron chi connectivity index (χ1n) is 9.19. The van der Waals surface area contributed by atoms with Crippen molar-refractivity contribution in [2.24, 2.45) is 0 Å². The van der Waals surface area contributed by atoms with Gasteiger partial charge in [0.05, 0.1) is 12.7 Å². The Kier molecular flexibility index (Phi) is 5.74. The molecule has 0 amide bonds. The van der Waals surface area contributed by atoms with Crippen LogP contribution in [0.2, 0.25) is 0 Å². The quantitative estimate of drug-likeness (QED) is 0.801. The van der Waals surface area contributed by atoms with Gasteiger partial charge in [-0.15, -0.1) is 0 Å². The summed E-state index contributed by atoms with van der Waals surface area (Å²) >= 11 is 0. The molecular formula is C22H27NO3. The van der Waals surface area contributed by atoms with Gasteiger partial charge in [0.15, 0.2) is 5.78 Å². The molecule has 0 spiro atoms. The summed E-state index contributed by atoms with van der Waals surface area (Å²) < 4.78 is 5.22. The van der Waals surface area contributed by atoms with Gasteiger partial charge in [0.2, 0.25) is 0 Å². The van der Waals surface area contributed by atoms with E-state index < -0.39 is 5.60 Å². The highest BCUT2D eigenvalue weighted by molar-refractivity contribution is 5.96. The highest BCUT2D eigenvalue weighted by Gasteiger charge is 2.35. The largest absolute Gasteiger partial charge is 0.497 e. The summed E-state index contributed by atoms with van der Waals surface area (Å²) in [5.41, 5.74) is 1.01. The molecule has 0 saturated carbocycles. The summed E-state index contributed by atoms with van der Waals surface area (Å²) in [5.74, 6) is 0.873. The van der Waals surface area contributed by atoms with Gasteiger partial charge in [-0.05, 0) is 37.5 Å². The summed E-state index contributed by atoms with van der Waals surface area (Å²) in [4.78, 5) is 14.8. The second-order valence-corrected chi connectivity index (χ2v) is 7.18. The molecule has 4 nitrogen and oxygen atoms in total. The third-order valence-electron chi connectivity index (χ3n) is 5.46. The molecule has 1 atom stereocenters. The number of aliphatic hydroxyl groups is 1. The van der Waals surface area contributed by atoms with Crippen LogP contribution in [0.4, 0.5) is 0 Å². The van der Waals surface area contributed by atoms with Crippen LogP contribution in [0.1, 0.15) is 48.1 Å². The molecule has 2 aromatic rings. The third-order valence-corrected chi connectivity index (χ3v) is 5.46. The van der Waals surface area contributed by atoms with Gasteiger partial charge in [0.1, 0.15) is 5.75 Å². The Bertz CT molecular complexity index is 719. The Hall–Kier alpha value is -2.17. The van der Waals surface area contributed by atoms with Gasteiger partial charge >= 0.3 is 0 Å². The minimum atomic E-state index is -0.900. The van der Waals surface area contributed by atoms with Gasteiger partial charge in [-0.2, -0.15) is 0 Å². The summed E-state index contributed by atoms with van der Waals surface area (Å²) in [6.45, 7) is 3.75. The van der Waals surface area contributed by atoms with Crippen molar-refractivity contribution in [1.29, 1.82) is 0 Å². The zero-order valence-corrected chi connectivity index (χ0v) is 15.5. The minimum absolute atomic E-state index is 0.0183. The summed E-state index contributed by atoms with van der Waals surface area (Å²) in [6, 6.07) is 17.6. The predicted molar refractivity (Wildman–Crippen MR) is 103 cm³/mol. The van der Waals surface area contributed by atoms with E-state index in [1.54, 1.807) is 7.11 Å². The topological polar surface area (TPSA) is 49.8 Å². The molecule has 1 fully saturated rings. The Balaban J connectivity index is 1.58. The van der Waals surface area contributed by atoms with Crippen LogP contribution in [0.15, 0.2) is 54.6 Å². The molecule has 0 bridgehead atoms. The van der Waals surface area contributed by atoms with Crippen LogP contribution < -0.4 is 4.74 Å². The molecule has 1 aliphatic heterocycles. The van der Waals surface area contributed by atoms with E-state index in [0.717, 1.165) is 18.8 Å². The number of ether oxygens (including phenoxy) is 1. The summed E-state index contributed by atoms with van der Waals surface area (Å²) in [5, 5.41) is 10.9. The van der Waals surface area contributed by atoms with Crippen molar-refractivity contribution in [3.8, 4) is 5.75 Å². The fourth-order valence-electron chi connectivity index (χ4n) is 3.62. The van der Waals surface area contributed by atoms with Crippen LogP contribution in [-0.4, -0.2) is 41.6 Å². The summed E-state index contributed by atoms with van der Waals surface area (Å²) in [7, 11) is 1.67. The molecule has 0 aliphatic carbocycles. The maximum Gasteiger partial charge on any atom is 0.165 e. The number of hydrogen-bond donors (Lipinski definition) is 1. The van der Waals surface area contributed by atoms with Gasteiger partial charge in [0, 0.05) is 31.1 Å². The second kappa shape index (κ2) is 8.02. The number of likely N-dealkylation sites (tertiary alicyclic amines) is 1. The lowest BCUT2D eigenvalue weighted by molar-refractivity contribution is -0.0303. The van der Waals surface area contributed by atoms with E-state index in [1.165, 1.54) is 5.56 Å². The first-order chi connectivity index (χ1) is 12.5. The normalized spacial score (nSPS) is 18.3. The smallest absolute Gasteiger partial charge is 0.165 e. The van der Waals surface area contributed by atoms with E-state index in [4.69, 9.17) is 4.74 Å². The van der Waals surface area contributed by atoms with E-state index in [9.17, 15) is 9.90 Å². The number of rotatable bonds is 6. The minimum Gasteiger partial charge on any atom is -0.497 e.